The topological polar surface area (TPSA) is 90.9 Å². The summed E-state index contributed by atoms with van der Waals surface area (Å²) in [5, 5.41) is 5.96. The third-order valence-electron chi connectivity index (χ3n) is 7.76. The highest BCUT2D eigenvalue weighted by molar-refractivity contribution is 6.10. The largest absolute Gasteiger partial charge is 0.347 e. The summed E-state index contributed by atoms with van der Waals surface area (Å²) >= 11 is 0. The third-order valence-corrected chi connectivity index (χ3v) is 7.76. The minimum atomic E-state index is -0.285. The first-order valence-corrected chi connectivity index (χ1v) is 14.8. The number of amides is 2. The molecule has 0 aromatic heterocycles. The van der Waals surface area contributed by atoms with Crippen molar-refractivity contribution in [2.24, 2.45) is 16.8 Å². The van der Waals surface area contributed by atoms with Gasteiger partial charge in [-0.05, 0) is 80.3 Å². The van der Waals surface area contributed by atoms with Gasteiger partial charge in [-0.15, -0.1) is 0 Å². The number of nitrogens with zero attached hydrogens (tertiary/aromatic N) is 2. The lowest BCUT2D eigenvalue weighted by Crippen LogP contribution is -2.27. The van der Waals surface area contributed by atoms with Crippen molar-refractivity contribution in [2.75, 3.05) is 18.9 Å². The Kier molecular flexibility index (Phi) is 10.4. The van der Waals surface area contributed by atoms with E-state index in [0.29, 0.717) is 23.3 Å². The van der Waals surface area contributed by atoms with E-state index in [1.165, 1.54) is 11.1 Å². The second-order valence-corrected chi connectivity index (χ2v) is 11.4. The van der Waals surface area contributed by atoms with Gasteiger partial charge >= 0.3 is 0 Å². The molecule has 2 aliphatic rings. The van der Waals surface area contributed by atoms with Gasteiger partial charge in [0.05, 0.1) is 0 Å². The van der Waals surface area contributed by atoms with Gasteiger partial charge in [-0.3, -0.25) is 14.4 Å². The van der Waals surface area contributed by atoms with Crippen LogP contribution in [0.15, 0.2) is 83.0 Å². The maximum Gasteiger partial charge on any atom is 0.269 e. The number of hydrogen-bond donors (Lipinski definition) is 2. The molecule has 0 saturated carbocycles. The van der Waals surface area contributed by atoms with Crippen molar-refractivity contribution in [2.45, 2.75) is 60.0 Å². The number of carbonyl (C=O) groups excluding carboxylic acids is 3. The van der Waals surface area contributed by atoms with Crippen molar-refractivity contribution in [1.82, 2.24) is 10.2 Å². The molecule has 0 bridgehead atoms. The number of ketones is 1. The third kappa shape index (κ3) is 7.79. The Morgan fingerprint density at radius 1 is 1.10 bits per heavy atom. The lowest BCUT2D eigenvalue weighted by Gasteiger charge is -2.25. The van der Waals surface area contributed by atoms with Gasteiger partial charge in [0.1, 0.15) is 5.70 Å². The predicted molar refractivity (Wildman–Crippen MR) is 169 cm³/mol. The molecule has 0 saturated heterocycles. The normalized spacial score (nSPS) is 17.5. The smallest absolute Gasteiger partial charge is 0.269 e. The molecular weight excluding hydrogens is 524 g/mol. The summed E-state index contributed by atoms with van der Waals surface area (Å²) in [7, 11) is 2.10. The van der Waals surface area contributed by atoms with E-state index in [1.807, 2.05) is 63.3 Å². The second-order valence-electron chi connectivity index (χ2n) is 11.4. The van der Waals surface area contributed by atoms with Gasteiger partial charge in [-0.1, -0.05) is 57.2 Å². The molecule has 2 aliphatic heterocycles. The zero-order valence-corrected chi connectivity index (χ0v) is 25.4. The number of nitrogens with one attached hydrogen (secondary N) is 2. The molecule has 2 aromatic rings. The number of aliphatic imine (C=N–C) groups is 1. The molecular formula is C35H42N4O3. The molecule has 7 heteroatoms. The number of likely N-dealkylation sites (N-methyl/N-ethyl adjacent to an activating group) is 1. The van der Waals surface area contributed by atoms with Crippen LogP contribution in [0, 0.1) is 11.8 Å². The van der Waals surface area contributed by atoms with E-state index in [-0.39, 0.29) is 36.0 Å². The van der Waals surface area contributed by atoms with Crippen LogP contribution in [-0.4, -0.2) is 41.8 Å². The molecule has 7 nitrogen and oxygen atoms in total. The Hall–Kier alpha value is -4.10. The highest BCUT2D eigenvalue weighted by Gasteiger charge is 2.22. The SMILES string of the molecule is CC=CC(=CC1=NC(C(=O)NCc2cccc(C(=O)Nc3ccc4c(c3)CN(C)CC4)c2)=CCC1CC)C(=O)C(C)C. The Labute approximate surface area is 249 Å². The number of fused-ring (bicyclic) bond motifs is 1. The molecule has 0 spiro atoms. The lowest BCUT2D eigenvalue weighted by molar-refractivity contribution is -0.118. The molecule has 1 unspecified atom stereocenters. The van der Waals surface area contributed by atoms with Crippen LogP contribution in [-0.2, 0) is 29.1 Å². The van der Waals surface area contributed by atoms with E-state index < -0.39 is 0 Å². The van der Waals surface area contributed by atoms with Gasteiger partial charge in [0.2, 0.25) is 0 Å². The number of carbonyl (C=O) groups is 3. The van der Waals surface area contributed by atoms with Gasteiger partial charge in [0.25, 0.3) is 11.8 Å². The van der Waals surface area contributed by atoms with Crippen molar-refractivity contribution < 1.29 is 14.4 Å². The lowest BCUT2D eigenvalue weighted by atomic mass is 9.90. The van der Waals surface area contributed by atoms with E-state index in [4.69, 9.17) is 0 Å². The Bertz CT molecular complexity index is 1460. The fourth-order valence-corrected chi connectivity index (χ4v) is 5.27. The quantitative estimate of drug-likeness (QED) is 0.272. The van der Waals surface area contributed by atoms with Crippen LogP contribution < -0.4 is 10.6 Å². The van der Waals surface area contributed by atoms with Crippen LogP contribution in [0.2, 0.25) is 0 Å². The molecule has 42 heavy (non-hydrogen) atoms. The zero-order valence-electron chi connectivity index (χ0n) is 25.4. The molecule has 1 atom stereocenters. The van der Waals surface area contributed by atoms with Crippen LogP contribution in [0.5, 0.6) is 0 Å². The van der Waals surface area contributed by atoms with Crippen LogP contribution in [0.3, 0.4) is 0 Å². The zero-order chi connectivity index (χ0) is 30.2. The monoisotopic (exact) mass is 566 g/mol. The van der Waals surface area contributed by atoms with Crippen molar-refractivity contribution in [3.63, 3.8) is 0 Å². The molecule has 220 valence electrons. The predicted octanol–water partition coefficient (Wildman–Crippen LogP) is 6.03. The fraction of sp³-hybridized carbons (Fsp3) is 0.371. The van der Waals surface area contributed by atoms with Crippen molar-refractivity contribution >= 4 is 29.0 Å². The van der Waals surface area contributed by atoms with Crippen molar-refractivity contribution in [3.8, 4) is 0 Å². The van der Waals surface area contributed by atoms with E-state index in [1.54, 1.807) is 12.1 Å². The standard InChI is InChI=1S/C35H42N4O3/c1-6-9-27(33(40)23(3)4)20-32-25(7-2)13-15-31(38-32)35(42)36-21-24-10-8-11-28(18-24)34(41)37-30-14-12-26-16-17-39(5)22-29(26)19-30/h6,8-12,14-15,18-20,23,25H,7,13,16-17,21-22H2,1-5H3,(H,36,42)(H,37,41). The molecule has 2 aromatic carbocycles. The Morgan fingerprint density at radius 2 is 1.90 bits per heavy atom. The number of allylic oxidation sites excluding steroid dienone is 5. The van der Waals surface area contributed by atoms with E-state index in [9.17, 15) is 14.4 Å². The van der Waals surface area contributed by atoms with Crippen molar-refractivity contribution in [1.29, 1.82) is 0 Å². The van der Waals surface area contributed by atoms with Gasteiger partial charge in [-0.25, -0.2) is 4.99 Å². The van der Waals surface area contributed by atoms with Crippen LogP contribution in [0.25, 0.3) is 0 Å². The Morgan fingerprint density at radius 3 is 2.64 bits per heavy atom. The van der Waals surface area contributed by atoms with E-state index in [2.05, 4.69) is 46.6 Å². The van der Waals surface area contributed by atoms with E-state index >= 15 is 0 Å². The average Bonchev–Trinajstić information content (AvgIpc) is 2.99. The number of hydrogen-bond acceptors (Lipinski definition) is 5. The summed E-state index contributed by atoms with van der Waals surface area (Å²) in [6, 6.07) is 13.4. The summed E-state index contributed by atoms with van der Waals surface area (Å²) < 4.78 is 0. The molecule has 2 N–H and O–H groups in total. The summed E-state index contributed by atoms with van der Waals surface area (Å²) in [5.74, 6) is -0.413. The number of Topliss-reactive ketones (excluding diaryl/α,β-unsaturated/α-hetero) is 1. The summed E-state index contributed by atoms with van der Waals surface area (Å²) in [5.41, 5.74) is 6.38. The number of anilines is 1. The van der Waals surface area contributed by atoms with Crippen LogP contribution in [0.1, 0.15) is 67.6 Å². The van der Waals surface area contributed by atoms with Gasteiger partial charge in [0, 0.05) is 54.0 Å². The minimum absolute atomic E-state index is 0.0503. The summed E-state index contributed by atoms with van der Waals surface area (Å²) in [6.45, 7) is 9.90. The average molecular weight is 567 g/mol. The molecule has 4 rings (SSSR count). The minimum Gasteiger partial charge on any atom is -0.347 e. The van der Waals surface area contributed by atoms with Crippen LogP contribution >= 0.6 is 0 Å². The van der Waals surface area contributed by atoms with Crippen LogP contribution in [0.4, 0.5) is 5.69 Å². The van der Waals surface area contributed by atoms with Gasteiger partial charge < -0.3 is 15.5 Å². The maximum atomic E-state index is 13.1. The van der Waals surface area contributed by atoms with E-state index in [0.717, 1.165) is 42.9 Å². The molecule has 0 aliphatic carbocycles. The number of rotatable bonds is 10. The first-order valence-electron chi connectivity index (χ1n) is 14.8. The van der Waals surface area contributed by atoms with Gasteiger partial charge in [-0.2, -0.15) is 0 Å². The van der Waals surface area contributed by atoms with Gasteiger partial charge in [0.15, 0.2) is 5.78 Å². The highest BCUT2D eigenvalue weighted by Crippen LogP contribution is 2.24. The highest BCUT2D eigenvalue weighted by atomic mass is 16.2. The molecule has 0 radical (unpaired) electrons. The fourth-order valence-electron chi connectivity index (χ4n) is 5.27. The number of benzene rings is 2. The second kappa shape index (κ2) is 14.2. The molecule has 2 heterocycles. The molecule has 0 fully saturated rings. The first kappa shape index (κ1) is 30.8. The molecule has 2 amide bonds. The summed E-state index contributed by atoms with van der Waals surface area (Å²) in [6.07, 6.45) is 9.91. The Balaban J connectivity index is 1.42. The first-order chi connectivity index (χ1) is 20.2. The maximum absolute atomic E-state index is 13.1. The van der Waals surface area contributed by atoms with Crippen molar-refractivity contribution in [3.05, 3.63) is 100 Å². The summed E-state index contributed by atoms with van der Waals surface area (Å²) in [4.78, 5) is 45.8.